The average Bonchev–Trinajstić information content (AvgIpc) is 2.61. The second-order valence-electron chi connectivity index (χ2n) is 6.02. The largest absolute Gasteiger partial charge is 0.493 e. The van der Waals surface area contributed by atoms with Crippen molar-refractivity contribution >= 4 is 51.5 Å². The van der Waals surface area contributed by atoms with Crippen LogP contribution in [0.4, 0.5) is 0 Å². The van der Waals surface area contributed by atoms with Crippen molar-refractivity contribution in [1.29, 1.82) is 0 Å². The Balaban J connectivity index is 0.00000364. The Bertz CT molecular complexity index is 729. The molecule has 0 aliphatic rings. The molecule has 0 aromatic heterocycles. The fourth-order valence-electron chi connectivity index (χ4n) is 2.54. The molecule has 0 heterocycles. The first-order valence-corrected chi connectivity index (χ1v) is 10.2. The Morgan fingerprint density at radius 2 is 1.89 bits per heavy atom. The van der Waals surface area contributed by atoms with E-state index < -0.39 is 0 Å². The molecule has 0 radical (unpaired) electrons. The number of unbranched alkanes of at least 4 members (excludes halogenated alkanes) is 2. The van der Waals surface area contributed by atoms with Crippen LogP contribution < -0.4 is 14.8 Å². The molecule has 2 aromatic rings. The Hall–Kier alpha value is -0.650. The molecule has 7 heteroatoms. The van der Waals surface area contributed by atoms with Gasteiger partial charge in [0, 0.05) is 22.2 Å². The minimum absolute atomic E-state index is 0. The number of benzene rings is 2. The monoisotopic (exact) mass is 495 g/mol. The van der Waals surface area contributed by atoms with E-state index in [-0.39, 0.29) is 12.4 Å². The van der Waals surface area contributed by atoms with Crippen molar-refractivity contribution in [3.8, 4) is 11.5 Å². The lowest BCUT2D eigenvalue weighted by Crippen LogP contribution is -2.14. The summed E-state index contributed by atoms with van der Waals surface area (Å²) >= 11 is 15.7. The van der Waals surface area contributed by atoms with Gasteiger partial charge >= 0.3 is 0 Å². The number of nitrogens with one attached hydrogen (secondary N) is 1. The number of hydrogen-bond acceptors (Lipinski definition) is 3. The zero-order valence-corrected chi connectivity index (χ0v) is 19.4. The molecule has 0 saturated heterocycles. The van der Waals surface area contributed by atoms with Gasteiger partial charge in [-0.15, -0.1) is 12.4 Å². The normalized spacial score (nSPS) is 10.4. The first-order chi connectivity index (χ1) is 12.5. The Morgan fingerprint density at radius 3 is 2.56 bits per heavy atom. The van der Waals surface area contributed by atoms with E-state index in [0.717, 1.165) is 28.7 Å². The van der Waals surface area contributed by atoms with Gasteiger partial charge in [0.1, 0.15) is 6.61 Å². The highest BCUT2D eigenvalue weighted by atomic mass is 79.9. The molecule has 0 spiro atoms. The quantitative estimate of drug-likeness (QED) is 0.357. The third-order valence-electron chi connectivity index (χ3n) is 3.96. The maximum absolute atomic E-state index is 6.21. The predicted octanol–water partition coefficient (Wildman–Crippen LogP) is 7.05. The van der Waals surface area contributed by atoms with E-state index in [2.05, 4.69) is 28.2 Å². The molecule has 0 amide bonds. The molecule has 150 valence electrons. The van der Waals surface area contributed by atoms with E-state index in [1.54, 1.807) is 19.2 Å². The Labute approximate surface area is 186 Å². The van der Waals surface area contributed by atoms with Gasteiger partial charge in [-0.3, -0.25) is 0 Å². The highest BCUT2D eigenvalue weighted by molar-refractivity contribution is 9.10. The molecule has 0 unspecified atom stereocenters. The minimum Gasteiger partial charge on any atom is -0.493 e. The zero-order chi connectivity index (χ0) is 18.9. The van der Waals surface area contributed by atoms with Crippen LogP contribution in [0.1, 0.15) is 37.3 Å². The molecule has 3 nitrogen and oxygen atoms in total. The van der Waals surface area contributed by atoms with Crippen molar-refractivity contribution in [3.05, 3.63) is 56.0 Å². The number of rotatable bonds is 10. The van der Waals surface area contributed by atoms with Crippen LogP contribution in [-0.4, -0.2) is 13.7 Å². The van der Waals surface area contributed by atoms with Crippen molar-refractivity contribution in [2.45, 2.75) is 39.3 Å². The van der Waals surface area contributed by atoms with Crippen molar-refractivity contribution in [3.63, 3.8) is 0 Å². The van der Waals surface area contributed by atoms with E-state index >= 15 is 0 Å². The average molecular weight is 498 g/mol. The maximum atomic E-state index is 6.21. The standard InChI is InChI=1S/C20H24BrCl2NO2.ClH/c1-3-4-5-8-24-12-14-9-17(21)20(19(10-14)25-2)26-13-15-6-7-16(22)11-18(15)23;/h6-7,9-11,24H,3-5,8,12-13H2,1-2H3;1H. The maximum Gasteiger partial charge on any atom is 0.175 e. The first-order valence-electron chi connectivity index (χ1n) is 8.69. The van der Waals surface area contributed by atoms with Gasteiger partial charge in [-0.2, -0.15) is 0 Å². The second kappa shape index (κ2) is 12.7. The van der Waals surface area contributed by atoms with E-state index in [1.165, 1.54) is 19.3 Å². The van der Waals surface area contributed by atoms with Gasteiger partial charge in [0.05, 0.1) is 11.6 Å². The van der Waals surface area contributed by atoms with Crippen LogP contribution in [0.3, 0.4) is 0 Å². The number of methoxy groups -OCH3 is 1. The van der Waals surface area contributed by atoms with Crippen LogP contribution in [0.5, 0.6) is 11.5 Å². The van der Waals surface area contributed by atoms with Gasteiger partial charge in [0.2, 0.25) is 0 Å². The molecule has 0 aliphatic carbocycles. The van der Waals surface area contributed by atoms with Gasteiger partial charge in [-0.05, 0) is 58.7 Å². The second-order valence-corrected chi connectivity index (χ2v) is 7.72. The van der Waals surface area contributed by atoms with Crippen LogP contribution in [-0.2, 0) is 13.2 Å². The summed E-state index contributed by atoms with van der Waals surface area (Å²) < 4.78 is 12.3. The van der Waals surface area contributed by atoms with Crippen molar-refractivity contribution in [2.24, 2.45) is 0 Å². The van der Waals surface area contributed by atoms with E-state index in [1.807, 2.05) is 18.2 Å². The third kappa shape index (κ3) is 7.71. The summed E-state index contributed by atoms with van der Waals surface area (Å²) in [6, 6.07) is 9.41. The molecule has 2 rings (SSSR count). The highest BCUT2D eigenvalue weighted by Crippen LogP contribution is 2.37. The molecular weight excluding hydrogens is 472 g/mol. The Morgan fingerprint density at radius 1 is 1.11 bits per heavy atom. The summed E-state index contributed by atoms with van der Waals surface area (Å²) in [6.45, 7) is 4.35. The van der Waals surface area contributed by atoms with Gasteiger partial charge in [-0.25, -0.2) is 0 Å². The SMILES string of the molecule is CCCCCNCc1cc(Br)c(OCc2ccc(Cl)cc2Cl)c(OC)c1.Cl. The summed E-state index contributed by atoms with van der Waals surface area (Å²) in [5, 5.41) is 4.65. The molecule has 0 atom stereocenters. The fourth-order valence-corrected chi connectivity index (χ4v) is 3.60. The van der Waals surface area contributed by atoms with E-state index in [4.69, 9.17) is 32.7 Å². The molecule has 0 aliphatic heterocycles. The Kier molecular flexibility index (Phi) is 11.5. The smallest absolute Gasteiger partial charge is 0.175 e. The van der Waals surface area contributed by atoms with Gasteiger partial charge in [0.15, 0.2) is 11.5 Å². The summed E-state index contributed by atoms with van der Waals surface area (Å²) in [6.07, 6.45) is 3.67. The lowest BCUT2D eigenvalue weighted by atomic mass is 10.2. The highest BCUT2D eigenvalue weighted by Gasteiger charge is 2.13. The van der Waals surface area contributed by atoms with Crippen molar-refractivity contribution in [1.82, 2.24) is 5.32 Å². The molecule has 27 heavy (non-hydrogen) atoms. The van der Waals surface area contributed by atoms with E-state index in [9.17, 15) is 0 Å². The van der Waals surface area contributed by atoms with Crippen LogP contribution in [0.2, 0.25) is 10.0 Å². The van der Waals surface area contributed by atoms with Crippen LogP contribution in [0, 0.1) is 0 Å². The summed E-state index contributed by atoms with van der Waals surface area (Å²) in [5.41, 5.74) is 2.01. The van der Waals surface area contributed by atoms with Crippen LogP contribution in [0.15, 0.2) is 34.8 Å². The van der Waals surface area contributed by atoms with Gasteiger partial charge in [0.25, 0.3) is 0 Å². The minimum atomic E-state index is 0. The topological polar surface area (TPSA) is 30.5 Å². The predicted molar refractivity (Wildman–Crippen MR) is 120 cm³/mol. The summed E-state index contributed by atoms with van der Waals surface area (Å²) in [4.78, 5) is 0. The summed E-state index contributed by atoms with van der Waals surface area (Å²) in [5.74, 6) is 1.35. The fraction of sp³-hybridized carbons (Fsp3) is 0.400. The number of hydrogen-bond donors (Lipinski definition) is 1. The number of halogens is 4. The van der Waals surface area contributed by atoms with E-state index in [0.29, 0.717) is 28.2 Å². The first kappa shape index (κ1) is 24.4. The number of ether oxygens (including phenoxy) is 2. The molecule has 0 bridgehead atoms. The lowest BCUT2D eigenvalue weighted by molar-refractivity contribution is 0.282. The molecule has 1 N–H and O–H groups in total. The van der Waals surface area contributed by atoms with Crippen LogP contribution >= 0.6 is 51.5 Å². The summed E-state index contributed by atoms with van der Waals surface area (Å²) in [7, 11) is 1.64. The molecule has 2 aromatic carbocycles. The van der Waals surface area contributed by atoms with Crippen LogP contribution in [0.25, 0.3) is 0 Å². The van der Waals surface area contributed by atoms with Crippen molar-refractivity contribution in [2.75, 3.05) is 13.7 Å². The van der Waals surface area contributed by atoms with Crippen molar-refractivity contribution < 1.29 is 9.47 Å². The van der Waals surface area contributed by atoms with Gasteiger partial charge < -0.3 is 14.8 Å². The third-order valence-corrected chi connectivity index (χ3v) is 5.14. The molecular formula is C20H25BrCl3NO2. The lowest BCUT2D eigenvalue weighted by Gasteiger charge is -2.15. The van der Waals surface area contributed by atoms with Gasteiger partial charge in [-0.1, -0.05) is 49.0 Å². The molecule has 0 fully saturated rings. The molecule has 0 saturated carbocycles. The zero-order valence-electron chi connectivity index (χ0n) is 15.5.